The zero-order valence-corrected chi connectivity index (χ0v) is 11.6. The second-order valence-corrected chi connectivity index (χ2v) is 5.83. The summed E-state index contributed by atoms with van der Waals surface area (Å²) in [5.41, 5.74) is 1.21. The molecule has 1 unspecified atom stereocenters. The highest BCUT2D eigenvalue weighted by Crippen LogP contribution is 2.26. The minimum Gasteiger partial charge on any atom is -0.357 e. The Morgan fingerprint density at radius 3 is 2.74 bits per heavy atom. The molecule has 104 valence electrons. The van der Waals surface area contributed by atoms with Gasteiger partial charge in [-0.3, -0.25) is 0 Å². The maximum absolute atomic E-state index is 5.75. The zero-order chi connectivity index (χ0) is 12.9. The van der Waals surface area contributed by atoms with Gasteiger partial charge in [0.2, 0.25) is 0 Å². The number of nitrogens with zero attached hydrogens (tertiary/aromatic N) is 2. The molecule has 1 atom stereocenters. The van der Waals surface area contributed by atoms with Crippen molar-refractivity contribution >= 4 is 6.08 Å². The molecule has 0 amide bonds. The fourth-order valence-electron chi connectivity index (χ4n) is 3.10. The van der Waals surface area contributed by atoms with E-state index in [9.17, 15) is 0 Å². The molecule has 1 aliphatic heterocycles. The first-order valence-electron chi connectivity index (χ1n) is 7.76. The first kappa shape index (κ1) is 12.9. The second kappa shape index (κ2) is 6.38. The lowest BCUT2D eigenvalue weighted by atomic mass is 9.89. The Kier molecular flexibility index (Phi) is 4.34. The molecule has 2 aliphatic rings. The van der Waals surface area contributed by atoms with Crippen molar-refractivity contribution < 1.29 is 4.74 Å². The standard InChI is InChI=1S/C16H24N2O/c1-2-6-14(7-3-1)9-10-15-12-17-18(13-15)16-8-4-5-11-19-16/h9-10,12-14,16H,1-8,11H2/b10-9+. The molecule has 19 heavy (non-hydrogen) atoms. The number of allylic oxidation sites excluding steroid dienone is 1. The third-order valence-electron chi connectivity index (χ3n) is 4.28. The third-order valence-corrected chi connectivity index (χ3v) is 4.28. The van der Waals surface area contributed by atoms with Crippen LogP contribution in [-0.4, -0.2) is 16.4 Å². The van der Waals surface area contributed by atoms with Crippen LogP contribution < -0.4 is 0 Å². The van der Waals surface area contributed by atoms with Gasteiger partial charge in [0.15, 0.2) is 0 Å². The van der Waals surface area contributed by atoms with E-state index in [1.807, 2.05) is 10.9 Å². The monoisotopic (exact) mass is 260 g/mol. The summed E-state index contributed by atoms with van der Waals surface area (Å²) in [6.07, 6.45) is 19.3. The maximum Gasteiger partial charge on any atom is 0.150 e. The van der Waals surface area contributed by atoms with E-state index < -0.39 is 0 Å². The van der Waals surface area contributed by atoms with E-state index in [0.29, 0.717) is 0 Å². The molecule has 0 N–H and O–H groups in total. The first-order chi connectivity index (χ1) is 9.42. The smallest absolute Gasteiger partial charge is 0.150 e. The molecule has 1 aromatic heterocycles. The molecule has 0 bridgehead atoms. The molecular formula is C16H24N2O. The van der Waals surface area contributed by atoms with Crippen LogP contribution in [0.1, 0.15) is 63.2 Å². The molecule has 3 nitrogen and oxygen atoms in total. The summed E-state index contributed by atoms with van der Waals surface area (Å²) in [4.78, 5) is 0. The van der Waals surface area contributed by atoms with Crippen LogP contribution in [0.3, 0.4) is 0 Å². The fourth-order valence-corrected chi connectivity index (χ4v) is 3.10. The lowest BCUT2D eigenvalue weighted by Gasteiger charge is -2.22. The maximum atomic E-state index is 5.75. The Bertz CT molecular complexity index is 412. The number of rotatable bonds is 3. The molecule has 2 heterocycles. The number of aromatic nitrogens is 2. The Morgan fingerprint density at radius 1 is 1.11 bits per heavy atom. The molecule has 0 spiro atoms. The van der Waals surface area contributed by atoms with Gasteiger partial charge in [-0.15, -0.1) is 0 Å². The molecule has 1 saturated heterocycles. The third kappa shape index (κ3) is 3.47. The number of hydrogen-bond donors (Lipinski definition) is 0. The minimum absolute atomic E-state index is 0.158. The predicted molar refractivity (Wildman–Crippen MR) is 76.7 cm³/mol. The van der Waals surface area contributed by atoms with Gasteiger partial charge in [-0.25, -0.2) is 4.68 Å². The van der Waals surface area contributed by atoms with Gasteiger partial charge in [0.05, 0.1) is 6.20 Å². The van der Waals surface area contributed by atoms with Crippen LogP contribution in [0, 0.1) is 5.92 Å². The highest BCUT2D eigenvalue weighted by atomic mass is 16.5. The van der Waals surface area contributed by atoms with Crippen LogP contribution >= 0.6 is 0 Å². The summed E-state index contributed by atoms with van der Waals surface area (Å²) in [5.74, 6) is 0.781. The van der Waals surface area contributed by atoms with Gasteiger partial charge in [0, 0.05) is 18.4 Å². The van der Waals surface area contributed by atoms with Crippen molar-refractivity contribution in [3.63, 3.8) is 0 Å². The van der Waals surface area contributed by atoms with Gasteiger partial charge in [-0.05, 0) is 38.0 Å². The van der Waals surface area contributed by atoms with Crippen LogP contribution in [0.15, 0.2) is 18.5 Å². The lowest BCUT2D eigenvalue weighted by molar-refractivity contribution is -0.0394. The highest BCUT2D eigenvalue weighted by Gasteiger charge is 2.16. The summed E-state index contributed by atoms with van der Waals surface area (Å²) in [6, 6.07) is 0. The summed E-state index contributed by atoms with van der Waals surface area (Å²) in [6.45, 7) is 0.873. The van der Waals surface area contributed by atoms with Crippen molar-refractivity contribution in [2.24, 2.45) is 5.92 Å². The summed E-state index contributed by atoms with van der Waals surface area (Å²) in [7, 11) is 0. The number of hydrogen-bond acceptors (Lipinski definition) is 2. The van der Waals surface area contributed by atoms with Crippen molar-refractivity contribution in [1.29, 1.82) is 0 Å². The van der Waals surface area contributed by atoms with E-state index >= 15 is 0 Å². The molecule has 2 fully saturated rings. The Balaban J connectivity index is 1.59. The zero-order valence-electron chi connectivity index (χ0n) is 11.6. The van der Waals surface area contributed by atoms with Crippen LogP contribution in [0.25, 0.3) is 6.08 Å². The molecule has 1 aliphatic carbocycles. The van der Waals surface area contributed by atoms with E-state index in [2.05, 4.69) is 23.4 Å². The van der Waals surface area contributed by atoms with Gasteiger partial charge in [0.1, 0.15) is 6.23 Å². The normalized spacial score (nSPS) is 26.0. The van der Waals surface area contributed by atoms with Crippen LogP contribution in [0.2, 0.25) is 0 Å². The Hall–Kier alpha value is -1.09. The van der Waals surface area contributed by atoms with E-state index in [4.69, 9.17) is 4.74 Å². The van der Waals surface area contributed by atoms with Crippen LogP contribution in [-0.2, 0) is 4.74 Å². The average molecular weight is 260 g/mol. The van der Waals surface area contributed by atoms with Crippen LogP contribution in [0.4, 0.5) is 0 Å². The largest absolute Gasteiger partial charge is 0.357 e. The molecule has 0 aromatic carbocycles. The molecular weight excluding hydrogens is 236 g/mol. The molecule has 1 saturated carbocycles. The second-order valence-electron chi connectivity index (χ2n) is 5.83. The van der Waals surface area contributed by atoms with Crippen molar-refractivity contribution in [1.82, 2.24) is 9.78 Å². The van der Waals surface area contributed by atoms with Gasteiger partial charge in [0.25, 0.3) is 0 Å². The van der Waals surface area contributed by atoms with Crippen LogP contribution in [0.5, 0.6) is 0 Å². The Labute approximate surface area is 115 Å². The quantitative estimate of drug-likeness (QED) is 0.815. The topological polar surface area (TPSA) is 27.1 Å². The first-order valence-corrected chi connectivity index (χ1v) is 7.76. The van der Waals surface area contributed by atoms with E-state index in [1.165, 1.54) is 50.5 Å². The Morgan fingerprint density at radius 2 is 1.95 bits per heavy atom. The SMILES string of the molecule is C(=C\C1CCCCC1)/c1cnn(C2CCCCO2)c1. The molecule has 3 rings (SSSR count). The van der Waals surface area contributed by atoms with Crippen molar-refractivity contribution in [3.8, 4) is 0 Å². The molecule has 1 aromatic rings. The highest BCUT2D eigenvalue weighted by molar-refractivity contribution is 5.47. The minimum atomic E-state index is 0.158. The summed E-state index contributed by atoms with van der Waals surface area (Å²) >= 11 is 0. The van der Waals surface area contributed by atoms with Gasteiger partial charge in [-0.2, -0.15) is 5.10 Å². The van der Waals surface area contributed by atoms with Crippen molar-refractivity contribution in [2.45, 2.75) is 57.6 Å². The van der Waals surface area contributed by atoms with E-state index in [1.54, 1.807) is 0 Å². The molecule has 0 radical (unpaired) electrons. The average Bonchev–Trinajstić information content (AvgIpc) is 2.96. The van der Waals surface area contributed by atoms with Gasteiger partial charge < -0.3 is 4.74 Å². The number of ether oxygens (including phenoxy) is 1. The van der Waals surface area contributed by atoms with Gasteiger partial charge >= 0.3 is 0 Å². The van der Waals surface area contributed by atoms with Crippen molar-refractivity contribution in [2.75, 3.05) is 6.61 Å². The lowest BCUT2D eigenvalue weighted by Crippen LogP contribution is -2.18. The van der Waals surface area contributed by atoms with E-state index in [0.717, 1.165) is 18.9 Å². The fraction of sp³-hybridized carbons (Fsp3) is 0.688. The predicted octanol–water partition coefficient (Wildman–Crippen LogP) is 4.18. The van der Waals surface area contributed by atoms with Crippen molar-refractivity contribution in [3.05, 3.63) is 24.0 Å². The van der Waals surface area contributed by atoms with Gasteiger partial charge in [-0.1, -0.05) is 31.4 Å². The summed E-state index contributed by atoms with van der Waals surface area (Å²) < 4.78 is 7.73. The summed E-state index contributed by atoms with van der Waals surface area (Å²) in [5, 5.41) is 4.44. The molecule has 3 heteroatoms. The van der Waals surface area contributed by atoms with E-state index in [-0.39, 0.29) is 6.23 Å².